The van der Waals surface area contributed by atoms with Gasteiger partial charge >= 0.3 is 0 Å². The normalized spacial score (nSPS) is 18.9. The molecule has 2 rings (SSSR count). The van der Waals surface area contributed by atoms with Gasteiger partial charge in [0.05, 0.1) is 4.92 Å². The first-order valence-electron chi connectivity index (χ1n) is 6.46. The maximum atomic E-state index is 13.9. The van der Waals surface area contributed by atoms with Gasteiger partial charge in [0.2, 0.25) is 0 Å². The number of likely N-dealkylation sites (tertiary alicyclic amines) is 1. The van der Waals surface area contributed by atoms with Gasteiger partial charge in [-0.05, 0) is 32.3 Å². The minimum Gasteiger partial charge on any atom is -0.392 e. The number of hydrogen-bond donors (Lipinski definition) is 1. The molecule has 108 valence electrons. The molecule has 2 N–H and O–H groups in total. The van der Waals surface area contributed by atoms with Gasteiger partial charge in [0, 0.05) is 18.7 Å². The van der Waals surface area contributed by atoms with Crippen LogP contribution >= 0.6 is 0 Å². The average Bonchev–Trinajstić information content (AvgIpc) is 2.38. The third-order valence-corrected chi connectivity index (χ3v) is 3.65. The van der Waals surface area contributed by atoms with Crippen LogP contribution in [0.5, 0.6) is 0 Å². The smallest absolute Gasteiger partial charge is 0.293 e. The summed E-state index contributed by atoms with van der Waals surface area (Å²) in [6, 6.07) is 1.87. The summed E-state index contributed by atoms with van der Waals surface area (Å²) in [4.78, 5) is 24.0. The summed E-state index contributed by atoms with van der Waals surface area (Å²) in [6.07, 6.45) is 2.69. The van der Waals surface area contributed by atoms with E-state index in [1.54, 1.807) is 0 Å². The number of carbonyl (C=O) groups excluding carboxylic acids is 1. The van der Waals surface area contributed by atoms with Crippen molar-refractivity contribution in [3.63, 3.8) is 0 Å². The van der Waals surface area contributed by atoms with Crippen molar-refractivity contribution < 1.29 is 14.1 Å². The van der Waals surface area contributed by atoms with Crippen molar-refractivity contribution >= 4 is 17.3 Å². The summed E-state index contributed by atoms with van der Waals surface area (Å²) in [5.41, 5.74) is 4.36. The van der Waals surface area contributed by atoms with E-state index < -0.39 is 33.6 Å². The van der Waals surface area contributed by atoms with E-state index in [0.717, 1.165) is 31.4 Å². The predicted octanol–water partition coefficient (Wildman–Crippen LogP) is 2.33. The minimum atomic E-state index is -0.823. The second kappa shape index (κ2) is 5.44. The third-order valence-electron chi connectivity index (χ3n) is 3.65. The van der Waals surface area contributed by atoms with Gasteiger partial charge in [-0.1, -0.05) is 0 Å². The fraction of sp³-hybridized carbons (Fsp3) is 0.462. The SMILES string of the molecule is CC1CCCCN1C(=O)c1c(F)ccc([N+](=O)[O-])c1N. The van der Waals surface area contributed by atoms with Gasteiger partial charge in [0.15, 0.2) is 0 Å². The number of nitrogen functional groups attached to an aromatic ring is 1. The zero-order valence-corrected chi connectivity index (χ0v) is 11.1. The van der Waals surface area contributed by atoms with Gasteiger partial charge in [-0.25, -0.2) is 4.39 Å². The zero-order chi connectivity index (χ0) is 14.9. The Morgan fingerprint density at radius 3 is 2.80 bits per heavy atom. The summed E-state index contributed by atoms with van der Waals surface area (Å²) < 4.78 is 13.9. The topological polar surface area (TPSA) is 89.5 Å². The highest BCUT2D eigenvalue weighted by Gasteiger charge is 2.30. The van der Waals surface area contributed by atoms with E-state index in [9.17, 15) is 19.3 Å². The number of amides is 1. The molecule has 1 fully saturated rings. The maximum Gasteiger partial charge on any atom is 0.293 e. The van der Waals surface area contributed by atoms with Crippen LogP contribution in [-0.2, 0) is 0 Å². The van der Waals surface area contributed by atoms with E-state index >= 15 is 0 Å². The molecule has 0 radical (unpaired) electrons. The van der Waals surface area contributed by atoms with Crippen molar-refractivity contribution in [2.24, 2.45) is 0 Å². The first-order chi connectivity index (χ1) is 9.43. The van der Waals surface area contributed by atoms with Gasteiger partial charge in [0.25, 0.3) is 11.6 Å². The first-order valence-corrected chi connectivity index (χ1v) is 6.46. The molecule has 6 nitrogen and oxygen atoms in total. The molecule has 1 atom stereocenters. The molecular weight excluding hydrogens is 265 g/mol. The van der Waals surface area contributed by atoms with Gasteiger partial charge in [0.1, 0.15) is 17.1 Å². The summed E-state index contributed by atoms with van der Waals surface area (Å²) in [5.74, 6) is -1.40. The highest BCUT2D eigenvalue weighted by atomic mass is 19.1. The molecule has 1 aromatic carbocycles. The number of nitro benzene ring substituents is 1. The summed E-state index contributed by atoms with van der Waals surface area (Å²) in [5, 5.41) is 10.8. The Morgan fingerprint density at radius 1 is 1.50 bits per heavy atom. The molecule has 0 bridgehead atoms. The predicted molar refractivity (Wildman–Crippen MR) is 71.8 cm³/mol. The lowest BCUT2D eigenvalue weighted by molar-refractivity contribution is -0.384. The summed E-state index contributed by atoms with van der Waals surface area (Å²) in [6.45, 7) is 2.39. The van der Waals surface area contributed by atoms with Crippen LogP contribution in [0, 0.1) is 15.9 Å². The molecule has 7 heteroatoms. The second-order valence-corrected chi connectivity index (χ2v) is 4.96. The molecule has 1 unspecified atom stereocenters. The monoisotopic (exact) mass is 281 g/mol. The molecule has 1 aromatic rings. The van der Waals surface area contributed by atoms with E-state index in [1.165, 1.54) is 4.90 Å². The Balaban J connectivity index is 2.43. The quantitative estimate of drug-likeness (QED) is 0.512. The molecular formula is C13H16FN3O3. The number of nitrogens with zero attached hydrogens (tertiary/aromatic N) is 2. The minimum absolute atomic E-state index is 0.0192. The molecule has 0 aliphatic carbocycles. The highest BCUT2D eigenvalue weighted by molar-refractivity contribution is 6.01. The Kier molecular flexibility index (Phi) is 3.87. The number of nitrogens with two attached hydrogens (primary N) is 1. The van der Waals surface area contributed by atoms with Gasteiger partial charge in [-0.2, -0.15) is 0 Å². The number of nitro groups is 1. The molecule has 0 spiro atoms. The molecule has 1 aliphatic rings. The zero-order valence-electron chi connectivity index (χ0n) is 11.1. The lowest BCUT2D eigenvalue weighted by Crippen LogP contribution is -2.42. The molecule has 20 heavy (non-hydrogen) atoms. The molecule has 1 heterocycles. The van der Waals surface area contributed by atoms with Crippen LogP contribution in [0.1, 0.15) is 36.5 Å². The fourth-order valence-electron chi connectivity index (χ4n) is 2.50. The molecule has 1 aliphatic heterocycles. The number of rotatable bonds is 2. The van der Waals surface area contributed by atoms with E-state index in [-0.39, 0.29) is 6.04 Å². The van der Waals surface area contributed by atoms with Gasteiger partial charge < -0.3 is 10.6 Å². The van der Waals surface area contributed by atoms with Crippen LogP contribution in [0.4, 0.5) is 15.8 Å². The Labute approximate surface area is 115 Å². The van der Waals surface area contributed by atoms with E-state index in [0.29, 0.717) is 6.54 Å². The molecule has 1 saturated heterocycles. The lowest BCUT2D eigenvalue weighted by atomic mass is 10.0. The fourth-order valence-corrected chi connectivity index (χ4v) is 2.50. The van der Waals surface area contributed by atoms with Crippen molar-refractivity contribution in [2.75, 3.05) is 12.3 Å². The largest absolute Gasteiger partial charge is 0.392 e. The van der Waals surface area contributed by atoms with Crippen LogP contribution in [-0.4, -0.2) is 28.3 Å². The van der Waals surface area contributed by atoms with Crippen LogP contribution in [0.3, 0.4) is 0 Å². The molecule has 1 amide bonds. The van der Waals surface area contributed by atoms with Crippen molar-refractivity contribution in [1.82, 2.24) is 4.90 Å². The number of halogens is 1. The van der Waals surface area contributed by atoms with Crippen LogP contribution in [0.2, 0.25) is 0 Å². The second-order valence-electron chi connectivity index (χ2n) is 4.96. The lowest BCUT2D eigenvalue weighted by Gasteiger charge is -2.33. The number of carbonyl (C=O) groups is 1. The van der Waals surface area contributed by atoms with E-state index in [4.69, 9.17) is 5.73 Å². The van der Waals surface area contributed by atoms with Crippen molar-refractivity contribution in [2.45, 2.75) is 32.2 Å². The average molecular weight is 281 g/mol. The first kappa shape index (κ1) is 14.2. The molecule has 0 saturated carbocycles. The van der Waals surface area contributed by atoms with E-state index in [2.05, 4.69) is 0 Å². The highest BCUT2D eigenvalue weighted by Crippen LogP contribution is 2.30. The van der Waals surface area contributed by atoms with Crippen molar-refractivity contribution in [3.8, 4) is 0 Å². The maximum absolute atomic E-state index is 13.9. The number of benzene rings is 1. The van der Waals surface area contributed by atoms with Crippen LogP contribution in [0.25, 0.3) is 0 Å². The van der Waals surface area contributed by atoms with Gasteiger partial charge in [-0.3, -0.25) is 14.9 Å². The third kappa shape index (κ3) is 2.43. The molecule has 0 aromatic heterocycles. The summed E-state index contributed by atoms with van der Waals surface area (Å²) in [7, 11) is 0. The number of hydrogen-bond acceptors (Lipinski definition) is 4. The van der Waals surface area contributed by atoms with Crippen molar-refractivity contribution in [3.05, 3.63) is 33.6 Å². The van der Waals surface area contributed by atoms with Gasteiger partial charge in [-0.15, -0.1) is 0 Å². The Hall–Kier alpha value is -2.18. The standard InChI is InChI=1S/C13H16FN3O3/c1-8-4-2-3-7-16(8)13(18)11-9(14)5-6-10(12(11)15)17(19)20/h5-6,8H,2-4,7,15H2,1H3. The number of anilines is 1. The van der Waals surface area contributed by atoms with Crippen LogP contribution in [0.15, 0.2) is 12.1 Å². The van der Waals surface area contributed by atoms with Crippen LogP contribution < -0.4 is 5.73 Å². The van der Waals surface area contributed by atoms with Crippen molar-refractivity contribution in [1.29, 1.82) is 0 Å². The number of piperidine rings is 1. The Morgan fingerprint density at radius 2 is 2.20 bits per heavy atom. The van der Waals surface area contributed by atoms with E-state index in [1.807, 2.05) is 6.92 Å². The summed E-state index contributed by atoms with van der Waals surface area (Å²) >= 11 is 0. The Bertz CT molecular complexity index is 562.